The third-order valence-corrected chi connectivity index (χ3v) is 3.16. The van der Waals surface area contributed by atoms with Crippen molar-refractivity contribution in [2.24, 2.45) is 0 Å². The predicted molar refractivity (Wildman–Crippen MR) is 82.8 cm³/mol. The number of nitrogens with one attached hydrogen (secondary N) is 2. The summed E-state index contributed by atoms with van der Waals surface area (Å²) in [7, 11) is 0. The molecule has 2 N–H and O–H groups in total. The van der Waals surface area contributed by atoms with Gasteiger partial charge in [0.2, 0.25) is 0 Å². The Kier molecular flexibility index (Phi) is 4.89. The molecule has 2 aromatic carbocycles. The van der Waals surface area contributed by atoms with E-state index in [1.54, 1.807) is 18.2 Å². The Labute approximate surface area is 128 Å². The van der Waals surface area contributed by atoms with E-state index in [1.165, 1.54) is 6.07 Å². The molecule has 5 nitrogen and oxygen atoms in total. The molecular weight excluding hydrogens is 278 g/mol. The van der Waals surface area contributed by atoms with Crippen molar-refractivity contribution < 1.29 is 9.59 Å². The van der Waals surface area contributed by atoms with Gasteiger partial charge in [0.05, 0.1) is 11.6 Å². The molecule has 0 fully saturated rings. The summed E-state index contributed by atoms with van der Waals surface area (Å²) >= 11 is 0. The molecule has 0 heterocycles. The van der Waals surface area contributed by atoms with E-state index in [0.717, 1.165) is 11.1 Å². The van der Waals surface area contributed by atoms with Gasteiger partial charge < -0.3 is 10.6 Å². The molecule has 22 heavy (non-hydrogen) atoms. The second-order valence-electron chi connectivity index (χ2n) is 4.76. The number of nitrogens with zero attached hydrogens (tertiary/aromatic N) is 1. The molecule has 5 heteroatoms. The number of hydrogen-bond acceptors (Lipinski definition) is 3. The number of nitriles is 1. The fourth-order valence-corrected chi connectivity index (χ4v) is 1.92. The first-order valence-electron chi connectivity index (χ1n) is 6.74. The monoisotopic (exact) mass is 293 g/mol. The van der Waals surface area contributed by atoms with Gasteiger partial charge in [0.25, 0.3) is 0 Å². The third-order valence-electron chi connectivity index (χ3n) is 3.16. The molecule has 0 spiro atoms. The van der Waals surface area contributed by atoms with Gasteiger partial charge in [-0.1, -0.05) is 30.3 Å². The summed E-state index contributed by atoms with van der Waals surface area (Å²) in [5.41, 5.74) is 2.83. The van der Waals surface area contributed by atoms with E-state index in [2.05, 4.69) is 10.6 Å². The first kappa shape index (κ1) is 15.3. The van der Waals surface area contributed by atoms with Crippen LogP contribution in [0, 0.1) is 18.3 Å². The molecule has 0 aliphatic rings. The van der Waals surface area contributed by atoms with Crippen molar-refractivity contribution in [2.45, 2.75) is 13.5 Å². The molecule has 0 saturated heterocycles. The highest BCUT2D eigenvalue weighted by atomic mass is 16.2. The zero-order valence-corrected chi connectivity index (χ0v) is 12.1. The average Bonchev–Trinajstić information content (AvgIpc) is 2.54. The second-order valence-corrected chi connectivity index (χ2v) is 4.76. The quantitative estimate of drug-likeness (QED) is 0.850. The minimum Gasteiger partial charge on any atom is -0.344 e. The van der Waals surface area contributed by atoms with E-state index in [9.17, 15) is 9.59 Å². The van der Waals surface area contributed by atoms with Crippen molar-refractivity contribution in [3.05, 3.63) is 65.2 Å². The minimum atomic E-state index is -0.760. The van der Waals surface area contributed by atoms with Crippen molar-refractivity contribution in [2.75, 3.05) is 5.32 Å². The van der Waals surface area contributed by atoms with Gasteiger partial charge in [0, 0.05) is 12.2 Å². The van der Waals surface area contributed by atoms with Crippen LogP contribution in [0.15, 0.2) is 48.5 Å². The first-order valence-corrected chi connectivity index (χ1v) is 6.74. The van der Waals surface area contributed by atoms with Crippen LogP contribution in [-0.2, 0) is 16.1 Å². The molecule has 0 unspecified atom stereocenters. The van der Waals surface area contributed by atoms with Crippen molar-refractivity contribution in [1.82, 2.24) is 5.32 Å². The SMILES string of the molecule is Cc1ccccc1CNC(=O)C(=O)Nc1cccc(C#N)c1. The maximum Gasteiger partial charge on any atom is 0.313 e. The largest absolute Gasteiger partial charge is 0.344 e. The molecule has 0 bridgehead atoms. The Hall–Kier alpha value is -3.13. The van der Waals surface area contributed by atoms with E-state index in [0.29, 0.717) is 11.3 Å². The summed E-state index contributed by atoms with van der Waals surface area (Å²) in [6, 6.07) is 16.0. The van der Waals surface area contributed by atoms with Gasteiger partial charge in [-0.2, -0.15) is 5.26 Å². The Morgan fingerprint density at radius 3 is 2.59 bits per heavy atom. The van der Waals surface area contributed by atoms with E-state index >= 15 is 0 Å². The number of rotatable bonds is 3. The smallest absolute Gasteiger partial charge is 0.313 e. The molecule has 2 amide bonds. The van der Waals surface area contributed by atoms with Gasteiger partial charge in [0.15, 0.2) is 0 Å². The normalized spacial score (nSPS) is 9.64. The predicted octanol–water partition coefficient (Wildman–Crippen LogP) is 2.12. The van der Waals surface area contributed by atoms with Crippen LogP contribution in [0.1, 0.15) is 16.7 Å². The summed E-state index contributed by atoms with van der Waals surface area (Å²) in [5.74, 6) is -1.48. The van der Waals surface area contributed by atoms with Gasteiger partial charge >= 0.3 is 11.8 Å². The van der Waals surface area contributed by atoms with Crippen LogP contribution in [0.5, 0.6) is 0 Å². The summed E-state index contributed by atoms with van der Waals surface area (Å²) in [6.07, 6.45) is 0. The number of hydrogen-bond donors (Lipinski definition) is 2. The van der Waals surface area contributed by atoms with Crippen LogP contribution in [0.2, 0.25) is 0 Å². The molecule has 2 rings (SSSR count). The zero-order valence-electron chi connectivity index (χ0n) is 12.1. The van der Waals surface area contributed by atoms with Crippen LogP contribution in [0.25, 0.3) is 0 Å². The number of benzene rings is 2. The standard InChI is InChI=1S/C17H15N3O2/c1-12-5-2-3-7-14(12)11-19-16(21)17(22)20-15-8-4-6-13(9-15)10-18/h2-9H,11H2,1H3,(H,19,21)(H,20,22). The fraction of sp³-hybridized carbons (Fsp3) is 0.118. The maximum absolute atomic E-state index is 11.8. The zero-order chi connectivity index (χ0) is 15.9. The summed E-state index contributed by atoms with van der Waals surface area (Å²) in [5, 5.41) is 13.8. The van der Waals surface area contributed by atoms with E-state index in [1.807, 2.05) is 37.3 Å². The van der Waals surface area contributed by atoms with Gasteiger partial charge in [-0.15, -0.1) is 0 Å². The number of anilines is 1. The van der Waals surface area contributed by atoms with Crippen LogP contribution in [-0.4, -0.2) is 11.8 Å². The highest BCUT2D eigenvalue weighted by Crippen LogP contribution is 2.10. The molecule has 0 atom stereocenters. The van der Waals surface area contributed by atoms with Gasteiger partial charge in [-0.25, -0.2) is 0 Å². The van der Waals surface area contributed by atoms with Crippen molar-refractivity contribution in [3.63, 3.8) is 0 Å². The fourth-order valence-electron chi connectivity index (χ4n) is 1.92. The molecule has 0 aromatic heterocycles. The van der Waals surface area contributed by atoms with E-state index in [-0.39, 0.29) is 6.54 Å². The molecule has 0 radical (unpaired) electrons. The summed E-state index contributed by atoms with van der Waals surface area (Å²) < 4.78 is 0. The molecule has 0 saturated carbocycles. The van der Waals surface area contributed by atoms with Crippen molar-refractivity contribution in [1.29, 1.82) is 5.26 Å². The molecular formula is C17H15N3O2. The number of carbonyl (C=O) groups excluding carboxylic acids is 2. The van der Waals surface area contributed by atoms with Crippen LogP contribution >= 0.6 is 0 Å². The number of aryl methyl sites for hydroxylation is 1. The van der Waals surface area contributed by atoms with Crippen molar-refractivity contribution in [3.8, 4) is 6.07 Å². The Balaban J connectivity index is 1.94. The summed E-state index contributed by atoms with van der Waals surface area (Å²) in [4.78, 5) is 23.6. The topological polar surface area (TPSA) is 82.0 Å². The maximum atomic E-state index is 11.8. The summed E-state index contributed by atoms with van der Waals surface area (Å²) in [6.45, 7) is 2.23. The molecule has 110 valence electrons. The Bertz CT molecular complexity index is 748. The average molecular weight is 293 g/mol. The lowest BCUT2D eigenvalue weighted by Gasteiger charge is -2.08. The Morgan fingerprint density at radius 1 is 1.09 bits per heavy atom. The Morgan fingerprint density at radius 2 is 1.86 bits per heavy atom. The second kappa shape index (κ2) is 7.04. The van der Waals surface area contributed by atoms with Crippen LogP contribution in [0.4, 0.5) is 5.69 Å². The van der Waals surface area contributed by atoms with Crippen molar-refractivity contribution >= 4 is 17.5 Å². The lowest BCUT2D eigenvalue weighted by molar-refractivity contribution is -0.136. The lowest BCUT2D eigenvalue weighted by Crippen LogP contribution is -2.35. The number of amides is 2. The molecule has 0 aliphatic heterocycles. The lowest BCUT2D eigenvalue weighted by atomic mass is 10.1. The molecule has 0 aliphatic carbocycles. The van der Waals surface area contributed by atoms with Gasteiger partial charge in [-0.05, 0) is 36.2 Å². The first-order chi connectivity index (χ1) is 10.6. The highest BCUT2D eigenvalue weighted by Gasteiger charge is 2.13. The van der Waals surface area contributed by atoms with Crippen LogP contribution < -0.4 is 10.6 Å². The van der Waals surface area contributed by atoms with E-state index in [4.69, 9.17) is 5.26 Å². The van der Waals surface area contributed by atoms with E-state index < -0.39 is 11.8 Å². The minimum absolute atomic E-state index is 0.289. The van der Waals surface area contributed by atoms with Gasteiger partial charge in [0.1, 0.15) is 0 Å². The van der Waals surface area contributed by atoms with Crippen LogP contribution in [0.3, 0.4) is 0 Å². The third kappa shape index (κ3) is 3.93. The highest BCUT2D eigenvalue weighted by molar-refractivity contribution is 6.39. The number of carbonyl (C=O) groups is 2. The van der Waals surface area contributed by atoms with Gasteiger partial charge in [-0.3, -0.25) is 9.59 Å². The molecule has 2 aromatic rings.